The van der Waals surface area contributed by atoms with Gasteiger partial charge in [-0.1, -0.05) is 36.4 Å². The number of amides is 2. The number of aromatic nitrogens is 2. The third-order valence-electron chi connectivity index (χ3n) is 3.91. The second-order valence-corrected chi connectivity index (χ2v) is 5.62. The Morgan fingerprint density at radius 3 is 2.58 bits per heavy atom. The summed E-state index contributed by atoms with van der Waals surface area (Å²) >= 11 is 0. The minimum absolute atomic E-state index is 0.0438. The fraction of sp³-hybridized carbons (Fsp3) is 0.222. The molecule has 0 aliphatic heterocycles. The predicted molar refractivity (Wildman–Crippen MR) is 92.3 cm³/mol. The molecule has 0 bridgehead atoms. The van der Waals surface area contributed by atoms with Gasteiger partial charge in [0, 0.05) is 6.54 Å². The van der Waals surface area contributed by atoms with E-state index in [1.807, 2.05) is 49.4 Å². The van der Waals surface area contributed by atoms with Crippen molar-refractivity contribution in [1.82, 2.24) is 20.6 Å². The largest absolute Gasteiger partial charge is 0.392 e. The van der Waals surface area contributed by atoms with Crippen LogP contribution in [0.15, 0.2) is 42.5 Å². The first kappa shape index (κ1) is 16.0. The van der Waals surface area contributed by atoms with Gasteiger partial charge in [-0.3, -0.25) is 0 Å². The maximum Gasteiger partial charge on any atom is 0.315 e. The van der Waals surface area contributed by atoms with Gasteiger partial charge in [-0.15, -0.1) is 0 Å². The van der Waals surface area contributed by atoms with Crippen molar-refractivity contribution >= 4 is 17.1 Å². The Morgan fingerprint density at radius 2 is 1.83 bits per heavy atom. The molecule has 3 aromatic rings. The molecule has 0 atom stereocenters. The first-order valence-corrected chi connectivity index (χ1v) is 7.81. The zero-order chi connectivity index (χ0) is 16.9. The summed E-state index contributed by atoms with van der Waals surface area (Å²) < 4.78 is 0. The molecule has 124 valence electrons. The average molecular weight is 324 g/mol. The fourth-order valence-corrected chi connectivity index (χ4v) is 2.60. The molecule has 0 fully saturated rings. The van der Waals surface area contributed by atoms with Crippen LogP contribution in [0.25, 0.3) is 11.0 Å². The van der Waals surface area contributed by atoms with Crippen LogP contribution in [0.4, 0.5) is 4.79 Å². The highest BCUT2D eigenvalue weighted by Crippen LogP contribution is 2.15. The standard InChI is InChI=1S/C18H20N4O2/c1-12-5-4-8-15-17(12)22-16(21-15)10-20-18(24)19-9-13-6-2-3-7-14(13)11-23/h2-8,23H,9-11H2,1H3,(H,21,22)(H2,19,20,24). The van der Waals surface area contributed by atoms with Gasteiger partial charge in [0.2, 0.25) is 0 Å². The number of carbonyl (C=O) groups is 1. The predicted octanol–water partition coefficient (Wildman–Crippen LogP) is 2.36. The lowest BCUT2D eigenvalue weighted by Gasteiger charge is -2.09. The molecule has 0 saturated carbocycles. The van der Waals surface area contributed by atoms with E-state index in [2.05, 4.69) is 20.6 Å². The van der Waals surface area contributed by atoms with Crippen molar-refractivity contribution in [3.05, 3.63) is 65.0 Å². The van der Waals surface area contributed by atoms with Crippen LogP contribution in [0.1, 0.15) is 22.5 Å². The van der Waals surface area contributed by atoms with Gasteiger partial charge in [-0.05, 0) is 29.7 Å². The average Bonchev–Trinajstić information content (AvgIpc) is 3.03. The zero-order valence-corrected chi connectivity index (χ0v) is 13.5. The molecule has 6 nitrogen and oxygen atoms in total. The Labute approximate surface area is 139 Å². The van der Waals surface area contributed by atoms with Crippen molar-refractivity contribution in [3.8, 4) is 0 Å². The molecular weight excluding hydrogens is 304 g/mol. The SMILES string of the molecule is Cc1cccc2[nH]c(CNC(=O)NCc3ccccc3CO)nc12. The number of imidazole rings is 1. The van der Waals surface area contributed by atoms with E-state index >= 15 is 0 Å². The maximum absolute atomic E-state index is 11.9. The molecule has 2 aromatic carbocycles. The molecule has 0 spiro atoms. The molecule has 2 amide bonds. The van der Waals surface area contributed by atoms with Crippen molar-refractivity contribution in [2.24, 2.45) is 0 Å². The minimum Gasteiger partial charge on any atom is -0.392 e. The summed E-state index contributed by atoms with van der Waals surface area (Å²) in [5.74, 6) is 0.713. The van der Waals surface area contributed by atoms with E-state index in [1.54, 1.807) is 0 Å². The number of aliphatic hydroxyl groups excluding tert-OH is 1. The summed E-state index contributed by atoms with van der Waals surface area (Å²) in [5.41, 5.74) is 4.69. The van der Waals surface area contributed by atoms with Crippen LogP contribution in [-0.4, -0.2) is 21.1 Å². The Hall–Kier alpha value is -2.86. The number of hydrogen-bond acceptors (Lipinski definition) is 3. The number of fused-ring (bicyclic) bond motifs is 1. The number of para-hydroxylation sites is 1. The van der Waals surface area contributed by atoms with Crippen molar-refractivity contribution < 1.29 is 9.90 Å². The number of aryl methyl sites for hydroxylation is 1. The van der Waals surface area contributed by atoms with E-state index in [-0.39, 0.29) is 12.6 Å². The second kappa shape index (κ2) is 7.14. The number of aromatic amines is 1. The molecule has 6 heteroatoms. The lowest BCUT2D eigenvalue weighted by atomic mass is 10.1. The number of benzene rings is 2. The summed E-state index contributed by atoms with van der Waals surface area (Å²) in [4.78, 5) is 19.6. The third kappa shape index (κ3) is 3.55. The van der Waals surface area contributed by atoms with Crippen LogP contribution in [0.5, 0.6) is 0 Å². The van der Waals surface area contributed by atoms with Crippen LogP contribution in [0.3, 0.4) is 0 Å². The second-order valence-electron chi connectivity index (χ2n) is 5.62. The highest BCUT2D eigenvalue weighted by atomic mass is 16.3. The van der Waals surface area contributed by atoms with E-state index in [9.17, 15) is 9.90 Å². The number of carbonyl (C=O) groups excluding carboxylic acids is 1. The molecule has 0 aliphatic rings. The van der Waals surface area contributed by atoms with E-state index < -0.39 is 0 Å². The lowest BCUT2D eigenvalue weighted by Crippen LogP contribution is -2.35. The van der Waals surface area contributed by atoms with Gasteiger partial charge in [0.05, 0.1) is 24.2 Å². The van der Waals surface area contributed by atoms with Gasteiger partial charge < -0.3 is 20.7 Å². The van der Waals surface area contributed by atoms with Crippen LogP contribution in [0, 0.1) is 6.92 Å². The normalized spacial score (nSPS) is 10.8. The van der Waals surface area contributed by atoms with Crippen LogP contribution >= 0.6 is 0 Å². The Balaban J connectivity index is 1.56. The van der Waals surface area contributed by atoms with E-state index in [0.29, 0.717) is 18.9 Å². The highest BCUT2D eigenvalue weighted by molar-refractivity contribution is 5.78. The maximum atomic E-state index is 11.9. The van der Waals surface area contributed by atoms with Crippen molar-refractivity contribution in [2.45, 2.75) is 26.6 Å². The Morgan fingerprint density at radius 1 is 1.08 bits per heavy atom. The minimum atomic E-state index is -0.278. The number of hydrogen-bond donors (Lipinski definition) is 4. The summed E-state index contributed by atoms with van der Waals surface area (Å²) in [5, 5.41) is 14.9. The molecule has 0 unspecified atom stereocenters. The molecule has 0 aliphatic carbocycles. The highest BCUT2D eigenvalue weighted by Gasteiger charge is 2.07. The fourth-order valence-electron chi connectivity index (χ4n) is 2.60. The number of H-pyrrole nitrogens is 1. The molecular formula is C18H20N4O2. The molecule has 0 radical (unpaired) electrons. The topological polar surface area (TPSA) is 90.0 Å². The van der Waals surface area contributed by atoms with Gasteiger partial charge in [-0.25, -0.2) is 9.78 Å². The molecule has 1 heterocycles. The number of urea groups is 1. The molecule has 24 heavy (non-hydrogen) atoms. The smallest absolute Gasteiger partial charge is 0.315 e. The van der Waals surface area contributed by atoms with Gasteiger partial charge in [0.25, 0.3) is 0 Å². The van der Waals surface area contributed by atoms with Crippen molar-refractivity contribution in [1.29, 1.82) is 0 Å². The van der Waals surface area contributed by atoms with Gasteiger partial charge >= 0.3 is 6.03 Å². The van der Waals surface area contributed by atoms with Crippen molar-refractivity contribution in [3.63, 3.8) is 0 Å². The summed E-state index contributed by atoms with van der Waals surface area (Å²) in [6.07, 6.45) is 0. The van der Waals surface area contributed by atoms with Crippen LogP contribution in [0.2, 0.25) is 0 Å². The van der Waals surface area contributed by atoms with E-state index in [0.717, 1.165) is 27.7 Å². The zero-order valence-electron chi connectivity index (χ0n) is 13.5. The number of nitrogens with zero attached hydrogens (tertiary/aromatic N) is 1. The van der Waals surface area contributed by atoms with Gasteiger partial charge in [0.15, 0.2) is 0 Å². The van der Waals surface area contributed by atoms with Crippen LogP contribution < -0.4 is 10.6 Å². The quantitative estimate of drug-likeness (QED) is 0.581. The number of rotatable bonds is 5. The third-order valence-corrected chi connectivity index (χ3v) is 3.91. The Bertz CT molecular complexity index is 857. The molecule has 1 aromatic heterocycles. The molecule has 4 N–H and O–H groups in total. The summed E-state index contributed by atoms with van der Waals surface area (Å²) in [6, 6.07) is 13.1. The van der Waals surface area contributed by atoms with Gasteiger partial charge in [0.1, 0.15) is 5.82 Å². The van der Waals surface area contributed by atoms with Crippen LogP contribution in [-0.2, 0) is 19.7 Å². The summed E-state index contributed by atoms with van der Waals surface area (Å²) in [7, 11) is 0. The number of nitrogens with one attached hydrogen (secondary N) is 3. The summed E-state index contributed by atoms with van der Waals surface area (Å²) in [6.45, 7) is 2.65. The van der Waals surface area contributed by atoms with Gasteiger partial charge in [-0.2, -0.15) is 0 Å². The van der Waals surface area contributed by atoms with E-state index in [4.69, 9.17) is 0 Å². The number of aliphatic hydroxyl groups is 1. The lowest BCUT2D eigenvalue weighted by molar-refractivity contribution is 0.239. The Kier molecular flexibility index (Phi) is 4.77. The molecule has 3 rings (SSSR count). The monoisotopic (exact) mass is 324 g/mol. The van der Waals surface area contributed by atoms with Crippen molar-refractivity contribution in [2.75, 3.05) is 0 Å². The first-order chi connectivity index (χ1) is 11.7. The molecule has 0 saturated heterocycles. The first-order valence-electron chi connectivity index (χ1n) is 7.81. The van der Waals surface area contributed by atoms with E-state index in [1.165, 1.54) is 0 Å².